The van der Waals surface area contributed by atoms with Crippen molar-refractivity contribution in [2.24, 2.45) is 0 Å². The van der Waals surface area contributed by atoms with Gasteiger partial charge in [-0.25, -0.2) is 19.6 Å². The first kappa shape index (κ1) is 12.7. The van der Waals surface area contributed by atoms with Crippen LogP contribution in [0.2, 0.25) is 0 Å². The van der Waals surface area contributed by atoms with Gasteiger partial charge in [-0.15, -0.1) is 0 Å². The molecule has 19 heavy (non-hydrogen) atoms. The highest BCUT2D eigenvalue weighted by Crippen LogP contribution is 2.16. The summed E-state index contributed by atoms with van der Waals surface area (Å²) in [5.41, 5.74) is 0.122. The van der Waals surface area contributed by atoms with E-state index >= 15 is 0 Å². The van der Waals surface area contributed by atoms with Crippen molar-refractivity contribution < 1.29 is 19.4 Å². The normalized spacial score (nSPS) is 9.95. The van der Waals surface area contributed by atoms with Crippen LogP contribution in [-0.2, 0) is 4.74 Å². The molecular formula is C13H10N2O4. The molecule has 1 heterocycles. The number of rotatable bonds is 3. The average Bonchev–Trinajstić information content (AvgIpc) is 2.46. The summed E-state index contributed by atoms with van der Waals surface area (Å²) in [7, 11) is 1.17. The molecule has 1 aromatic carbocycles. The highest BCUT2D eigenvalue weighted by atomic mass is 16.5. The first-order valence-corrected chi connectivity index (χ1v) is 5.37. The lowest BCUT2D eigenvalue weighted by Gasteiger charge is -2.05. The molecule has 0 aliphatic carbocycles. The zero-order valence-electron chi connectivity index (χ0n) is 10.0. The second kappa shape index (κ2) is 5.26. The smallest absolute Gasteiger partial charge is 0.355 e. The highest BCUT2D eigenvalue weighted by molar-refractivity contribution is 6.01. The molecule has 0 aliphatic heterocycles. The Labute approximate surface area is 108 Å². The molecule has 0 radical (unpaired) electrons. The van der Waals surface area contributed by atoms with Crippen molar-refractivity contribution in [1.29, 1.82) is 0 Å². The number of carboxylic acid groups (broad SMARTS) is 1. The number of aromatic nitrogens is 2. The summed E-state index contributed by atoms with van der Waals surface area (Å²) in [6.07, 6.45) is 1.16. The molecule has 0 bridgehead atoms. The Morgan fingerprint density at radius 2 is 1.89 bits per heavy atom. The van der Waals surface area contributed by atoms with Crippen LogP contribution in [0.5, 0.6) is 0 Å². The number of benzene rings is 1. The number of esters is 1. The Balaban J connectivity index is 2.54. The maximum Gasteiger partial charge on any atom is 0.355 e. The minimum Gasteiger partial charge on any atom is -0.476 e. The molecular weight excluding hydrogens is 248 g/mol. The Bertz CT molecular complexity index is 626. The third kappa shape index (κ3) is 2.57. The van der Waals surface area contributed by atoms with Crippen LogP contribution < -0.4 is 0 Å². The van der Waals surface area contributed by atoms with Crippen molar-refractivity contribution in [3.8, 4) is 11.4 Å². The predicted molar refractivity (Wildman–Crippen MR) is 65.8 cm³/mol. The summed E-state index contributed by atoms with van der Waals surface area (Å²) in [5.74, 6) is -1.84. The Kier molecular flexibility index (Phi) is 3.51. The Morgan fingerprint density at radius 3 is 2.47 bits per heavy atom. The lowest BCUT2D eigenvalue weighted by atomic mass is 10.2. The van der Waals surface area contributed by atoms with Crippen LogP contribution in [0, 0.1) is 0 Å². The zero-order chi connectivity index (χ0) is 13.8. The molecule has 1 N–H and O–H groups in total. The van der Waals surface area contributed by atoms with Gasteiger partial charge in [0.25, 0.3) is 0 Å². The maximum atomic E-state index is 11.4. The van der Waals surface area contributed by atoms with Crippen molar-refractivity contribution in [2.75, 3.05) is 7.11 Å². The molecule has 0 atom stereocenters. The van der Waals surface area contributed by atoms with Crippen LogP contribution in [0.1, 0.15) is 20.8 Å². The van der Waals surface area contributed by atoms with E-state index in [1.54, 1.807) is 24.3 Å². The molecule has 0 spiro atoms. The number of methoxy groups -OCH3 is 1. The number of nitrogens with zero attached hydrogens (tertiary/aromatic N) is 2. The van der Waals surface area contributed by atoms with Gasteiger partial charge in [0, 0.05) is 11.8 Å². The van der Waals surface area contributed by atoms with Crippen LogP contribution in [0.15, 0.2) is 36.5 Å². The van der Waals surface area contributed by atoms with Crippen LogP contribution >= 0.6 is 0 Å². The molecule has 6 nitrogen and oxygen atoms in total. The quantitative estimate of drug-likeness (QED) is 0.841. The zero-order valence-corrected chi connectivity index (χ0v) is 10.0. The molecule has 2 rings (SSSR count). The third-order valence-corrected chi connectivity index (χ3v) is 2.43. The van der Waals surface area contributed by atoms with Gasteiger partial charge in [0.1, 0.15) is 5.56 Å². The fraction of sp³-hybridized carbons (Fsp3) is 0.0769. The van der Waals surface area contributed by atoms with E-state index in [9.17, 15) is 9.59 Å². The molecule has 6 heteroatoms. The van der Waals surface area contributed by atoms with E-state index in [2.05, 4.69) is 14.7 Å². The number of ether oxygens (including phenoxy) is 1. The van der Waals surface area contributed by atoms with Gasteiger partial charge in [0.15, 0.2) is 11.5 Å². The van der Waals surface area contributed by atoms with Crippen molar-refractivity contribution in [1.82, 2.24) is 9.97 Å². The number of carbonyl (C=O) groups excluding carboxylic acids is 1. The van der Waals surface area contributed by atoms with Crippen LogP contribution in [0.4, 0.5) is 0 Å². The molecule has 0 aliphatic rings. The summed E-state index contributed by atoms with van der Waals surface area (Å²) in [4.78, 5) is 30.4. The minimum atomic E-state index is -1.31. The van der Waals surface area contributed by atoms with Crippen molar-refractivity contribution in [3.63, 3.8) is 0 Å². The van der Waals surface area contributed by atoms with Crippen molar-refractivity contribution in [2.45, 2.75) is 0 Å². The third-order valence-electron chi connectivity index (χ3n) is 2.43. The van der Waals surface area contributed by atoms with E-state index < -0.39 is 11.9 Å². The summed E-state index contributed by atoms with van der Waals surface area (Å²) >= 11 is 0. The fourth-order valence-electron chi connectivity index (χ4n) is 1.53. The number of hydrogen-bond donors (Lipinski definition) is 1. The van der Waals surface area contributed by atoms with Crippen molar-refractivity contribution >= 4 is 11.9 Å². The topological polar surface area (TPSA) is 89.4 Å². The summed E-state index contributed by atoms with van der Waals surface area (Å²) in [6.45, 7) is 0. The molecule has 0 saturated heterocycles. The summed E-state index contributed by atoms with van der Waals surface area (Å²) in [6, 6.07) is 8.89. The van der Waals surface area contributed by atoms with Gasteiger partial charge in [-0.05, 0) is 0 Å². The molecule has 96 valence electrons. The second-order valence-electron chi connectivity index (χ2n) is 3.62. The molecule has 0 amide bonds. The minimum absolute atomic E-state index is 0.172. The molecule has 0 unspecified atom stereocenters. The fourth-order valence-corrected chi connectivity index (χ4v) is 1.53. The van der Waals surface area contributed by atoms with E-state index in [0.29, 0.717) is 5.56 Å². The first-order chi connectivity index (χ1) is 9.13. The molecule has 0 fully saturated rings. The number of aromatic carboxylic acids is 1. The predicted octanol–water partition coefficient (Wildman–Crippen LogP) is 1.63. The monoisotopic (exact) mass is 258 g/mol. The van der Waals surface area contributed by atoms with Crippen molar-refractivity contribution in [3.05, 3.63) is 47.8 Å². The maximum absolute atomic E-state index is 11.4. The lowest BCUT2D eigenvalue weighted by molar-refractivity contribution is 0.0579. The number of carbonyl (C=O) groups is 2. The van der Waals surface area contributed by atoms with Crippen LogP contribution in [-0.4, -0.2) is 34.1 Å². The summed E-state index contributed by atoms with van der Waals surface area (Å²) < 4.78 is 4.49. The van der Waals surface area contributed by atoms with Gasteiger partial charge < -0.3 is 9.84 Å². The van der Waals surface area contributed by atoms with E-state index in [1.807, 2.05) is 6.07 Å². The summed E-state index contributed by atoms with van der Waals surface area (Å²) in [5, 5.41) is 9.08. The average molecular weight is 258 g/mol. The van der Waals surface area contributed by atoms with Crippen LogP contribution in [0.25, 0.3) is 11.4 Å². The Hall–Kier alpha value is -2.76. The first-order valence-electron chi connectivity index (χ1n) is 5.37. The lowest BCUT2D eigenvalue weighted by Crippen LogP contribution is -2.13. The largest absolute Gasteiger partial charge is 0.476 e. The van der Waals surface area contributed by atoms with E-state index in [1.165, 1.54) is 7.11 Å². The van der Waals surface area contributed by atoms with Gasteiger partial charge in [-0.2, -0.15) is 0 Å². The van der Waals surface area contributed by atoms with E-state index in [-0.39, 0.29) is 17.1 Å². The van der Waals surface area contributed by atoms with Gasteiger partial charge in [0.2, 0.25) is 0 Å². The SMILES string of the molecule is COC(=O)c1cnc(-c2ccccc2)nc1C(=O)O. The van der Waals surface area contributed by atoms with Gasteiger partial charge >= 0.3 is 11.9 Å². The van der Waals surface area contributed by atoms with E-state index in [0.717, 1.165) is 6.20 Å². The van der Waals surface area contributed by atoms with Crippen LogP contribution in [0.3, 0.4) is 0 Å². The number of carboxylic acids is 1. The van der Waals surface area contributed by atoms with E-state index in [4.69, 9.17) is 5.11 Å². The highest BCUT2D eigenvalue weighted by Gasteiger charge is 2.20. The molecule has 2 aromatic rings. The second-order valence-corrected chi connectivity index (χ2v) is 3.62. The molecule has 0 saturated carbocycles. The van der Waals surface area contributed by atoms with Gasteiger partial charge in [-0.1, -0.05) is 30.3 Å². The molecule has 1 aromatic heterocycles. The number of hydrogen-bond acceptors (Lipinski definition) is 5. The van der Waals surface area contributed by atoms with Gasteiger partial charge in [-0.3, -0.25) is 0 Å². The van der Waals surface area contributed by atoms with Gasteiger partial charge in [0.05, 0.1) is 7.11 Å². The Morgan fingerprint density at radius 1 is 1.21 bits per heavy atom. The standard InChI is InChI=1S/C13H10N2O4/c1-19-13(18)9-7-14-11(15-10(9)12(16)17)8-5-3-2-4-6-8/h2-7H,1H3,(H,16,17).